The Morgan fingerprint density at radius 3 is 2.54 bits per heavy atom. The second kappa shape index (κ2) is 9.25. The number of benzene rings is 2. The third kappa shape index (κ3) is 5.77. The molecule has 0 spiro atoms. The smallest absolute Gasteiger partial charge is 0.341 e. The van der Waals surface area contributed by atoms with Crippen molar-refractivity contribution in [2.24, 2.45) is 5.92 Å². The molecule has 2 aromatic rings. The molecule has 138 valence electrons. The SMILES string of the molecule is CC(C)C(C(=O)NCc1cccc(OCC(=O)O)c1)c1cccc(Cl)c1. The fraction of sp³-hybridized carbons (Fsp3) is 0.300. The number of aliphatic carboxylic acids is 1. The molecule has 1 atom stereocenters. The first-order valence-electron chi connectivity index (χ1n) is 8.33. The number of carbonyl (C=O) groups excluding carboxylic acids is 1. The van der Waals surface area contributed by atoms with Crippen molar-refractivity contribution in [2.45, 2.75) is 26.3 Å². The Hall–Kier alpha value is -2.53. The van der Waals surface area contributed by atoms with Crippen LogP contribution in [0.2, 0.25) is 5.02 Å². The first kappa shape index (κ1) is 19.8. The van der Waals surface area contributed by atoms with E-state index in [-0.39, 0.29) is 17.7 Å². The van der Waals surface area contributed by atoms with E-state index in [1.54, 1.807) is 24.3 Å². The largest absolute Gasteiger partial charge is 0.482 e. The highest BCUT2D eigenvalue weighted by Crippen LogP contribution is 2.27. The molecule has 0 aromatic heterocycles. The van der Waals surface area contributed by atoms with Crippen molar-refractivity contribution in [1.29, 1.82) is 0 Å². The zero-order chi connectivity index (χ0) is 19.1. The fourth-order valence-corrected chi connectivity index (χ4v) is 2.93. The third-order valence-corrected chi connectivity index (χ3v) is 4.12. The third-order valence-electron chi connectivity index (χ3n) is 3.88. The molecule has 0 radical (unpaired) electrons. The molecule has 0 bridgehead atoms. The van der Waals surface area contributed by atoms with Gasteiger partial charge >= 0.3 is 5.97 Å². The summed E-state index contributed by atoms with van der Waals surface area (Å²) in [6.45, 7) is 3.91. The van der Waals surface area contributed by atoms with Crippen molar-refractivity contribution in [3.8, 4) is 5.75 Å². The van der Waals surface area contributed by atoms with Gasteiger partial charge in [-0.15, -0.1) is 0 Å². The number of amides is 1. The number of carbonyl (C=O) groups is 2. The molecule has 0 fully saturated rings. The van der Waals surface area contributed by atoms with Crippen molar-refractivity contribution in [3.63, 3.8) is 0 Å². The van der Waals surface area contributed by atoms with E-state index < -0.39 is 12.6 Å². The van der Waals surface area contributed by atoms with Gasteiger partial charge in [-0.25, -0.2) is 4.79 Å². The molecule has 2 aromatic carbocycles. The molecular formula is C20H22ClNO4. The zero-order valence-electron chi connectivity index (χ0n) is 14.7. The van der Waals surface area contributed by atoms with Crippen LogP contribution in [-0.4, -0.2) is 23.6 Å². The lowest BCUT2D eigenvalue weighted by Crippen LogP contribution is -2.31. The van der Waals surface area contributed by atoms with E-state index in [4.69, 9.17) is 21.4 Å². The van der Waals surface area contributed by atoms with E-state index >= 15 is 0 Å². The number of halogens is 1. The van der Waals surface area contributed by atoms with E-state index in [2.05, 4.69) is 5.32 Å². The summed E-state index contributed by atoms with van der Waals surface area (Å²) < 4.78 is 5.16. The van der Waals surface area contributed by atoms with Crippen LogP contribution < -0.4 is 10.1 Å². The van der Waals surface area contributed by atoms with Crippen LogP contribution in [0.1, 0.15) is 30.9 Å². The number of hydrogen-bond acceptors (Lipinski definition) is 3. The van der Waals surface area contributed by atoms with Crippen molar-refractivity contribution < 1.29 is 19.4 Å². The van der Waals surface area contributed by atoms with Crippen molar-refractivity contribution in [3.05, 3.63) is 64.7 Å². The van der Waals surface area contributed by atoms with Gasteiger partial charge < -0.3 is 15.2 Å². The number of rotatable bonds is 8. The summed E-state index contributed by atoms with van der Waals surface area (Å²) in [6, 6.07) is 14.3. The predicted octanol–water partition coefficient (Wildman–Crippen LogP) is 3.86. The highest BCUT2D eigenvalue weighted by Gasteiger charge is 2.24. The quantitative estimate of drug-likeness (QED) is 0.734. The van der Waals surface area contributed by atoms with Crippen molar-refractivity contribution in [2.75, 3.05) is 6.61 Å². The monoisotopic (exact) mass is 375 g/mol. The molecule has 0 aliphatic heterocycles. The Labute approximate surface area is 157 Å². The summed E-state index contributed by atoms with van der Waals surface area (Å²) in [5, 5.41) is 12.2. The van der Waals surface area contributed by atoms with Crippen LogP contribution in [0.15, 0.2) is 48.5 Å². The molecule has 2 N–H and O–H groups in total. The van der Waals surface area contributed by atoms with Gasteiger partial charge in [0.2, 0.25) is 5.91 Å². The topological polar surface area (TPSA) is 75.6 Å². The summed E-state index contributed by atoms with van der Waals surface area (Å²) in [7, 11) is 0. The molecule has 26 heavy (non-hydrogen) atoms. The highest BCUT2D eigenvalue weighted by atomic mass is 35.5. The maximum absolute atomic E-state index is 12.7. The predicted molar refractivity (Wildman–Crippen MR) is 100 cm³/mol. The summed E-state index contributed by atoms with van der Waals surface area (Å²) >= 11 is 6.05. The van der Waals surface area contributed by atoms with Gasteiger partial charge in [0, 0.05) is 11.6 Å². The van der Waals surface area contributed by atoms with Gasteiger partial charge in [-0.1, -0.05) is 49.7 Å². The number of hydrogen-bond donors (Lipinski definition) is 2. The van der Waals surface area contributed by atoms with Crippen molar-refractivity contribution in [1.82, 2.24) is 5.32 Å². The molecular weight excluding hydrogens is 354 g/mol. The summed E-state index contributed by atoms with van der Waals surface area (Å²) in [5.74, 6) is -0.864. The number of carboxylic acid groups (broad SMARTS) is 1. The first-order valence-corrected chi connectivity index (χ1v) is 8.71. The minimum absolute atomic E-state index is 0.0841. The van der Waals surface area contributed by atoms with E-state index in [0.717, 1.165) is 11.1 Å². The number of nitrogens with one attached hydrogen (secondary N) is 1. The molecule has 1 unspecified atom stereocenters. The first-order chi connectivity index (χ1) is 12.4. The van der Waals surface area contributed by atoms with Crippen molar-refractivity contribution >= 4 is 23.5 Å². The molecule has 0 heterocycles. The second-order valence-electron chi connectivity index (χ2n) is 6.32. The van der Waals surface area contributed by atoms with Gasteiger partial charge in [0.25, 0.3) is 0 Å². The molecule has 0 aliphatic carbocycles. The zero-order valence-corrected chi connectivity index (χ0v) is 15.5. The molecule has 5 nitrogen and oxygen atoms in total. The van der Waals surface area contributed by atoms with E-state index in [0.29, 0.717) is 17.3 Å². The van der Waals surface area contributed by atoms with Crippen LogP contribution in [0.3, 0.4) is 0 Å². The number of carboxylic acids is 1. The van der Waals surface area contributed by atoms with Crippen LogP contribution >= 0.6 is 11.6 Å². The summed E-state index contributed by atoms with van der Waals surface area (Å²) in [5.41, 5.74) is 1.71. The minimum Gasteiger partial charge on any atom is -0.482 e. The molecule has 2 rings (SSSR count). The lowest BCUT2D eigenvalue weighted by molar-refractivity contribution is -0.139. The Balaban J connectivity index is 2.04. The molecule has 1 amide bonds. The van der Waals surface area contributed by atoms with Crippen LogP contribution in [0.4, 0.5) is 0 Å². The van der Waals surface area contributed by atoms with Gasteiger partial charge in [-0.2, -0.15) is 0 Å². The van der Waals surface area contributed by atoms with Crippen LogP contribution in [0, 0.1) is 5.92 Å². The Morgan fingerprint density at radius 2 is 1.88 bits per heavy atom. The Bertz CT molecular complexity index is 776. The average molecular weight is 376 g/mol. The second-order valence-corrected chi connectivity index (χ2v) is 6.76. The van der Waals surface area contributed by atoms with Gasteiger partial charge in [-0.3, -0.25) is 4.79 Å². The van der Waals surface area contributed by atoms with Gasteiger partial charge in [0.15, 0.2) is 6.61 Å². The molecule has 0 saturated carbocycles. The van der Waals surface area contributed by atoms with Crippen LogP contribution in [-0.2, 0) is 16.1 Å². The Kier molecular flexibility index (Phi) is 7.04. The van der Waals surface area contributed by atoms with Gasteiger partial charge in [0.1, 0.15) is 5.75 Å². The van der Waals surface area contributed by atoms with Gasteiger partial charge in [0.05, 0.1) is 5.92 Å². The Morgan fingerprint density at radius 1 is 1.15 bits per heavy atom. The lowest BCUT2D eigenvalue weighted by atomic mass is 9.87. The van der Waals surface area contributed by atoms with Crippen LogP contribution in [0.25, 0.3) is 0 Å². The number of ether oxygens (including phenoxy) is 1. The minimum atomic E-state index is -1.04. The molecule has 0 aliphatic rings. The molecule has 0 saturated heterocycles. The maximum atomic E-state index is 12.7. The van der Waals surface area contributed by atoms with E-state index in [1.165, 1.54) is 0 Å². The lowest BCUT2D eigenvalue weighted by Gasteiger charge is -2.21. The normalized spacial score (nSPS) is 11.8. The van der Waals surface area contributed by atoms with E-state index in [1.807, 2.05) is 38.1 Å². The molecule has 6 heteroatoms. The fourth-order valence-electron chi connectivity index (χ4n) is 2.73. The van der Waals surface area contributed by atoms with Gasteiger partial charge in [-0.05, 0) is 41.3 Å². The standard InChI is InChI=1S/C20H22ClNO4/c1-13(2)19(15-6-4-7-16(21)10-15)20(25)22-11-14-5-3-8-17(9-14)26-12-18(23)24/h3-10,13,19H,11-12H2,1-2H3,(H,22,25)(H,23,24). The van der Waals surface area contributed by atoms with E-state index in [9.17, 15) is 9.59 Å². The van der Waals surface area contributed by atoms with Crippen LogP contribution in [0.5, 0.6) is 5.75 Å². The maximum Gasteiger partial charge on any atom is 0.341 e. The summed E-state index contributed by atoms with van der Waals surface area (Å²) in [6.07, 6.45) is 0. The average Bonchev–Trinajstić information content (AvgIpc) is 2.58. The summed E-state index contributed by atoms with van der Waals surface area (Å²) in [4.78, 5) is 23.3. The highest BCUT2D eigenvalue weighted by molar-refractivity contribution is 6.30.